The fourth-order valence-corrected chi connectivity index (χ4v) is 2.60. The first-order chi connectivity index (χ1) is 13.9. The average molecular weight is 419 g/mol. The first-order valence-corrected chi connectivity index (χ1v) is 9.25. The highest BCUT2D eigenvalue weighted by Gasteiger charge is 2.12. The van der Waals surface area contributed by atoms with E-state index in [-0.39, 0.29) is 12.3 Å². The number of hydrogen-bond donors (Lipinski definition) is 0. The zero-order valence-corrected chi connectivity index (χ0v) is 18.4. The van der Waals surface area contributed by atoms with Crippen molar-refractivity contribution in [1.82, 2.24) is 0 Å². The van der Waals surface area contributed by atoms with E-state index in [0.29, 0.717) is 16.9 Å². The van der Waals surface area contributed by atoms with Gasteiger partial charge >= 0.3 is 0 Å². The second-order valence-corrected chi connectivity index (χ2v) is 6.61. The van der Waals surface area contributed by atoms with Crippen LogP contribution >= 0.6 is 11.6 Å². The van der Waals surface area contributed by atoms with Gasteiger partial charge in [0.15, 0.2) is 6.29 Å². The van der Waals surface area contributed by atoms with E-state index in [0.717, 1.165) is 28.0 Å². The van der Waals surface area contributed by atoms with Crippen LogP contribution in [0.3, 0.4) is 0 Å². The average Bonchev–Trinajstić information content (AvgIpc) is 2.70. The Hall–Kier alpha value is -2.70. The van der Waals surface area contributed by atoms with E-state index in [4.69, 9.17) is 21.3 Å². The van der Waals surface area contributed by atoms with Crippen LogP contribution in [0.4, 0.5) is 0 Å². The molecule has 0 aliphatic heterocycles. The molecule has 2 aromatic rings. The van der Waals surface area contributed by atoms with Gasteiger partial charge in [0, 0.05) is 30.4 Å². The molecule has 29 heavy (non-hydrogen) atoms. The monoisotopic (exact) mass is 418 g/mol. The Labute approximate surface area is 177 Å². The maximum atomic E-state index is 11.3. The topological polar surface area (TPSA) is 69.5 Å². The number of rotatable bonds is 7. The van der Waals surface area contributed by atoms with Gasteiger partial charge in [-0.25, -0.2) is 0 Å². The number of halogens is 1. The first kappa shape index (κ1) is 24.3. The number of aryl methyl sites for hydroxylation is 2. The lowest BCUT2D eigenvalue weighted by Gasteiger charge is -2.11. The predicted octanol–water partition coefficient (Wildman–Crippen LogP) is 4.71. The number of hydrogen-bond acceptors (Lipinski definition) is 6. The predicted molar refractivity (Wildman–Crippen MR) is 117 cm³/mol. The van der Waals surface area contributed by atoms with E-state index < -0.39 is 0 Å². The van der Waals surface area contributed by atoms with Crippen molar-refractivity contribution in [2.45, 2.75) is 27.4 Å². The molecule has 0 saturated carbocycles. The van der Waals surface area contributed by atoms with Crippen molar-refractivity contribution in [2.24, 2.45) is 10.3 Å². The molecule has 7 heteroatoms. The molecule has 2 aromatic carbocycles. The normalized spacial score (nSPS) is 11.4. The summed E-state index contributed by atoms with van der Waals surface area (Å²) in [7, 11) is 4.65. The summed E-state index contributed by atoms with van der Waals surface area (Å²) in [5.41, 5.74) is 5.34. The minimum atomic E-state index is 0.211. The van der Waals surface area contributed by atoms with Crippen molar-refractivity contribution in [1.29, 1.82) is 0 Å². The van der Waals surface area contributed by atoms with Gasteiger partial charge in [0.25, 0.3) is 0 Å². The molecule has 0 atom stereocenters. The zero-order valence-electron chi connectivity index (χ0n) is 17.7. The Kier molecular flexibility index (Phi) is 10.7. The van der Waals surface area contributed by atoms with Gasteiger partial charge in [-0.15, -0.1) is 0 Å². The van der Waals surface area contributed by atoms with Crippen molar-refractivity contribution in [3.63, 3.8) is 0 Å². The second-order valence-electron chi connectivity index (χ2n) is 6.20. The summed E-state index contributed by atoms with van der Waals surface area (Å²) >= 11 is 6.05. The number of ether oxygens (including phenoxy) is 1. The lowest BCUT2D eigenvalue weighted by atomic mass is 9.99. The Morgan fingerprint density at radius 2 is 1.76 bits per heavy atom. The van der Waals surface area contributed by atoms with Crippen molar-refractivity contribution in [2.75, 3.05) is 21.3 Å². The summed E-state index contributed by atoms with van der Waals surface area (Å²) in [6.45, 7) is 5.96. The van der Waals surface area contributed by atoms with Gasteiger partial charge in [0.1, 0.15) is 19.4 Å². The fourth-order valence-electron chi connectivity index (χ4n) is 2.48. The zero-order chi connectivity index (χ0) is 21.8. The Balaban J connectivity index is 0.00000132. The van der Waals surface area contributed by atoms with E-state index >= 15 is 0 Å². The van der Waals surface area contributed by atoms with Crippen molar-refractivity contribution >= 4 is 29.3 Å². The van der Waals surface area contributed by atoms with Gasteiger partial charge in [-0.05, 0) is 49.6 Å². The highest BCUT2D eigenvalue weighted by molar-refractivity contribution is 6.36. The molecule has 0 bridgehead atoms. The number of oxime groups is 2. The molecule has 0 spiro atoms. The maximum absolute atomic E-state index is 11.3. The molecule has 0 aliphatic rings. The first-order valence-electron chi connectivity index (χ1n) is 8.87. The van der Waals surface area contributed by atoms with Gasteiger partial charge < -0.3 is 14.4 Å². The number of methoxy groups -OCH3 is 1. The molecule has 0 fully saturated rings. The van der Waals surface area contributed by atoms with Crippen LogP contribution in [0.5, 0.6) is 0 Å². The molecule has 156 valence electrons. The molecule has 0 unspecified atom stereocenters. The summed E-state index contributed by atoms with van der Waals surface area (Å²) in [5.74, 6) is 0. The third-order valence-electron chi connectivity index (χ3n) is 3.97. The summed E-state index contributed by atoms with van der Waals surface area (Å²) in [5, 5.41) is 8.67. The van der Waals surface area contributed by atoms with Gasteiger partial charge in [0.2, 0.25) is 0 Å². The number of carbonyl (C=O) groups is 1. The Bertz CT molecular complexity index is 879. The summed E-state index contributed by atoms with van der Waals surface area (Å²) in [6, 6.07) is 11.3. The molecular formula is C22H27ClN2O4. The number of carbonyl (C=O) groups excluding carboxylic acids is 1. The van der Waals surface area contributed by atoms with Crippen molar-refractivity contribution < 1.29 is 19.2 Å². The molecule has 0 aliphatic carbocycles. The number of aldehydes is 1. The largest absolute Gasteiger partial charge is 0.399 e. The van der Waals surface area contributed by atoms with Crippen LogP contribution in [0.25, 0.3) is 0 Å². The van der Waals surface area contributed by atoms with Crippen LogP contribution in [0.1, 0.15) is 34.7 Å². The van der Waals surface area contributed by atoms with Crippen LogP contribution in [-0.2, 0) is 25.8 Å². The molecule has 0 saturated heterocycles. The van der Waals surface area contributed by atoms with E-state index in [1.807, 2.05) is 51.1 Å². The van der Waals surface area contributed by atoms with E-state index in [2.05, 4.69) is 15.0 Å². The smallest absolute Gasteiger partial charge is 0.172 e. The lowest BCUT2D eigenvalue weighted by molar-refractivity contribution is -0.102. The molecule has 0 heterocycles. The minimum absolute atomic E-state index is 0.211. The molecule has 0 radical (unpaired) electrons. The highest BCUT2D eigenvalue weighted by atomic mass is 35.5. The maximum Gasteiger partial charge on any atom is 0.172 e. The Morgan fingerprint density at radius 3 is 2.34 bits per heavy atom. The Morgan fingerprint density at radius 1 is 1.07 bits per heavy atom. The third kappa shape index (κ3) is 7.33. The lowest BCUT2D eigenvalue weighted by Crippen LogP contribution is -2.09. The number of nitrogens with zero attached hydrogens (tertiary/aromatic N) is 2. The molecular weight excluding hydrogens is 392 g/mol. The fraction of sp³-hybridized carbons (Fsp3) is 0.318. The summed E-state index contributed by atoms with van der Waals surface area (Å²) in [6.07, 6.45) is 0.660. The SMILES string of the molecule is CO/N=C(/C=O)c1cccc(C)c1CO/N=C(\C)c1ccc(Cl)c(C)c1.COC. The molecule has 6 nitrogen and oxygen atoms in total. The summed E-state index contributed by atoms with van der Waals surface area (Å²) < 4.78 is 4.25. The number of benzene rings is 2. The van der Waals surface area contributed by atoms with Crippen LogP contribution in [0.15, 0.2) is 46.7 Å². The van der Waals surface area contributed by atoms with Gasteiger partial charge in [-0.2, -0.15) is 0 Å². The van der Waals surface area contributed by atoms with Gasteiger partial charge in [-0.1, -0.05) is 46.2 Å². The van der Waals surface area contributed by atoms with Crippen molar-refractivity contribution in [3.05, 3.63) is 69.2 Å². The third-order valence-corrected chi connectivity index (χ3v) is 4.40. The van der Waals surface area contributed by atoms with E-state index in [9.17, 15) is 4.79 Å². The van der Waals surface area contributed by atoms with Gasteiger partial charge in [-0.3, -0.25) is 4.79 Å². The van der Waals surface area contributed by atoms with Crippen LogP contribution < -0.4 is 0 Å². The minimum Gasteiger partial charge on any atom is -0.399 e. The van der Waals surface area contributed by atoms with Crippen LogP contribution in [0.2, 0.25) is 5.02 Å². The van der Waals surface area contributed by atoms with Crippen LogP contribution in [0, 0.1) is 13.8 Å². The van der Waals surface area contributed by atoms with E-state index in [1.165, 1.54) is 7.11 Å². The summed E-state index contributed by atoms with van der Waals surface area (Å²) in [4.78, 5) is 21.6. The molecule has 0 aromatic heterocycles. The van der Waals surface area contributed by atoms with Gasteiger partial charge in [0.05, 0.1) is 5.71 Å². The highest BCUT2D eigenvalue weighted by Crippen LogP contribution is 2.19. The standard InChI is InChI=1S/C20H21ClN2O3.C2H6O/c1-13-6-5-7-17(20(11-24)23-25-4)18(13)12-26-22-15(3)16-8-9-19(21)14(2)10-16;1-3-2/h5-11H,12H2,1-4H3;1-2H3/b22-15+,23-20-;. The van der Waals surface area contributed by atoms with E-state index in [1.54, 1.807) is 20.3 Å². The van der Waals surface area contributed by atoms with Crippen molar-refractivity contribution in [3.8, 4) is 0 Å². The molecule has 0 N–H and O–H groups in total. The second kappa shape index (κ2) is 12.7. The molecule has 2 rings (SSSR count). The molecule has 0 amide bonds. The quantitative estimate of drug-likeness (QED) is 0.371. The van der Waals surface area contributed by atoms with Crippen LogP contribution in [-0.4, -0.2) is 39.0 Å².